The molecule has 0 bridgehead atoms. The second kappa shape index (κ2) is 5.26. The van der Waals surface area contributed by atoms with E-state index in [-0.39, 0.29) is 5.82 Å². The lowest BCUT2D eigenvalue weighted by Gasteiger charge is -2.00. The molecular formula is C18H16FN4O+. The summed E-state index contributed by atoms with van der Waals surface area (Å²) in [7, 11) is 1.60. The second-order valence-corrected chi connectivity index (χ2v) is 5.69. The Hall–Kier alpha value is -3.02. The fourth-order valence-corrected chi connectivity index (χ4v) is 2.93. The molecule has 2 aromatic carbocycles. The topological polar surface area (TPSA) is 44.0 Å². The second-order valence-electron chi connectivity index (χ2n) is 5.69. The summed E-state index contributed by atoms with van der Waals surface area (Å²) in [5.41, 5.74) is 4.63. The van der Waals surface area contributed by atoms with E-state index in [0.29, 0.717) is 11.4 Å². The van der Waals surface area contributed by atoms with E-state index < -0.39 is 0 Å². The summed E-state index contributed by atoms with van der Waals surface area (Å²) in [5.74, 6) is 0.321. The van der Waals surface area contributed by atoms with Crippen molar-refractivity contribution < 1.29 is 13.6 Å². The minimum Gasteiger partial charge on any atom is -0.461 e. The quantitative estimate of drug-likeness (QED) is 0.533. The van der Waals surface area contributed by atoms with Crippen LogP contribution in [0.15, 0.2) is 42.5 Å². The van der Waals surface area contributed by atoms with E-state index in [1.807, 2.05) is 35.7 Å². The Bertz CT molecular complexity index is 1090. The highest BCUT2D eigenvalue weighted by Gasteiger charge is 2.27. The van der Waals surface area contributed by atoms with Gasteiger partial charge in [-0.25, -0.2) is 9.37 Å². The van der Waals surface area contributed by atoms with Crippen molar-refractivity contribution in [2.24, 2.45) is 0 Å². The molecule has 4 rings (SSSR count). The Morgan fingerprint density at radius 2 is 1.92 bits per heavy atom. The van der Waals surface area contributed by atoms with Crippen LogP contribution in [-0.2, 0) is 0 Å². The van der Waals surface area contributed by atoms with Gasteiger partial charge in [0, 0.05) is 0 Å². The van der Waals surface area contributed by atoms with Crippen LogP contribution in [0.25, 0.3) is 22.2 Å². The molecule has 0 saturated heterocycles. The van der Waals surface area contributed by atoms with Gasteiger partial charge in [0.2, 0.25) is 0 Å². The summed E-state index contributed by atoms with van der Waals surface area (Å²) in [4.78, 5) is 4.64. The highest BCUT2D eigenvalue weighted by atomic mass is 19.1. The first kappa shape index (κ1) is 14.6. The molecule has 0 saturated carbocycles. The van der Waals surface area contributed by atoms with E-state index in [0.717, 1.165) is 27.9 Å². The van der Waals surface area contributed by atoms with Crippen molar-refractivity contribution in [1.29, 1.82) is 0 Å². The number of methoxy groups -OCH3 is 1. The van der Waals surface area contributed by atoms with Gasteiger partial charge in [-0.3, -0.25) is 0 Å². The molecule has 0 aliphatic rings. The number of aromatic nitrogens is 4. The van der Waals surface area contributed by atoms with Crippen LogP contribution < -0.4 is 9.25 Å². The highest BCUT2D eigenvalue weighted by molar-refractivity contribution is 5.74. The molecular weight excluding hydrogens is 307 g/mol. The average Bonchev–Trinajstić information content (AvgIpc) is 2.98. The normalized spacial score (nSPS) is 11.3. The van der Waals surface area contributed by atoms with Crippen LogP contribution in [0.3, 0.4) is 0 Å². The zero-order valence-electron chi connectivity index (χ0n) is 13.6. The minimum absolute atomic E-state index is 0.245. The first-order valence-corrected chi connectivity index (χ1v) is 7.61. The molecule has 24 heavy (non-hydrogen) atoms. The van der Waals surface area contributed by atoms with Crippen molar-refractivity contribution in [3.8, 4) is 11.6 Å². The van der Waals surface area contributed by atoms with Crippen LogP contribution in [-0.4, -0.2) is 22.0 Å². The molecule has 0 aliphatic heterocycles. The van der Waals surface area contributed by atoms with Crippen LogP contribution in [0.2, 0.25) is 0 Å². The fraction of sp³-hybridized carbons (Fsp3) is 0.167. The van der Waals surface area contributed by atoms with E-state index in [1.165, 1.54) is 6.07 Å². The number of aryl methyl sites for hydroxylation is 2. The molecule has 120 valence electrons. The molecule has 0 spiro atoms. The zero-order chi connectivity index (χ0) is 16.8. The van der Waals surface area contributed by atoms with Crippen LogP contribution in [0.1, 0.15) is 11.3 Å². The smallest absolute Gasteiger partial charge is 0.363 e. The maximum atomic E-state index is 13.6. The van der Waals surface area contributed by atoms with Crippen molar-refractivity contribution >= 4 is 16.6 Å². The number of fused-ring (bicyclic) bond motifs is 3. The summed E-state index contributed by atoms with van der Waals surface area (Å²) in [6.45, 7) is 3.65. The number of ether oxygens (including phenoxy) is 1. The van der Waals surface area contributed by atoms with E-state index in [1.54, 1.807) is 30.8 Å². The zero-order valence-corrected chi connectivity index (χ0v) is 13.6. The molecule has 0 atom stereocenters. The number of benzene rings is 2. The minimum atomic E-state index is -0.245. The number of nitrogens with zero attached hydrogens (tertiary/aromatic N) is 4. The Morgan fingerprint density at radius 3 is 2.67 bits per heavy atom. The van der Waals surface area contributed by atoms with Gasteiger partial charge in [0.25, 0.3) is 5.52 Å². The maximum Gasteiger partial charge on any atom is 0.363 e. The van der Waals surface area contributed by atoms with Crippen molar-refractivity contribution in [3.63, 3.8) is 0 Å². The predicted molar refractivity (Wildman–Crippen MR) is 88.0 cm³/mol. The monoisotopic (exact) mass is 323 g/mol. The standard InChI is InChI=1S/C18H16FN4O/c1-11-10-13(8-9-14(11)19)22-18(24-3)17-12(2)20-15-6-4-5-7-16(15)23(17)21-22/h4-10H,1-3H3/q+1. The number of hydrogen-bond acceptors (Lipinski definition) is 3. The summed E-state index contributed by atoms with van der Waals surface area (Å²) < 4.78 is 22.7. The van der Waals surface area contributed by atoms with Gasteiger partial charge < -0.3 is 4.74 Å². The van der Waals surface area contributed by atoms with E-state index in [9.17, 15) is 4.39 Å². The van der Waals surface area contributed by atoms with Gasteiger partial charge in [0.1, 0.15) is 16.5 Å². The Labute approximate surface area is 137 Å². The van der Waals surface area contributed by atoms with Crippen molar-refractivity contribution in [1.82, 2.24) is 14.9 Å². The van der Waals surface area contributed by atoms with Gasteiger partial charge in [0.05, 0.1) is 12.8 Å². The largest absolute Gasteiger partial charge is 0.461 e. The van der Waals surface area contributed by atoms with Gasteiger partial charge in [0.15, 0.2) is 11.2 Å². The summed E-state index contributed by atoms with van der Waals surface area (Å²) >= 11 is 0. The first-order valence-electron chi connectivity index (χ1n) is 7.61. The van der Waals surface area contributed by atoms with Crippen molar-refractivity contribution in [2.45, 2.75) is 13.8 Å². The Balaban J connectivity index is 2.11. The molecule has 2 aromatic heterocycles. The van der Waals surface area contributed by atoms with Crippen molar-refractivity contribution in [3.05, 3.63) is 59.5 Å². The van der Waals surface area contributed by atoms with E-state index in [2.05, 4.69) is 10.2 Å². The third kappa shape index (κ3) is 2.03. The van der Waals surface area contributed by atoms with Crippen LogP contribution in [0, 0.1) is 19.7 Å². The molecule has 0 fully saturated rings. The van der Waals surface area contributed by atoms with Gasteiger partial charge >= 0.3 is 5.88 Å². The van der Waals surface area contributed by atoms with Crippen LogP contribution in [0.4, 0.5) is 4.39 Å². The average molecular weight is 323 g/mol. The third-order valence-electron chi connectivity index (χ3n) is 4.11. The molecule has 0 N–H and O–H groups in total. The number of halogens is 1. The lowest BCUT2D eigenvalue weighted by Crippen LogP contribution is -2.27. The lowest BCUT2D eigenvalue weighted by molar-refractivity contribution is -0.556. The number of hydrogen-bond donors (Lipinski definition) is 0. The van der Waals surface area contributed by atoms with Crippen LogP contribution >= 0.6 is 0 Å². The maximum absolute atomic E-state index is 13.6. The number of rotatable bonds is 2. The molecule has 0 radical (unpaired) electrons. The Kier molecular flexibility index (Phi) is 3.19. The molecule has 6 heteroatoms. The van der Waals surface area contributed by atoms with Gasteiger partial charge in [-0.15, -0.1) is 0 Å². The van der Waals surface area contributed by atoms with Gasteiger partial charge in [-0.1, -0.05) is 21.3 Å². The Morgan fingerprint density at radius 1 is 1.12 bits per heavy atom. The molecule has 0 amide bonds. The summed E-state index contributed by atoms with van der Waals surface area (Å²) in [5, 5.41) is 4.66. The molecule has 2 heterocycles. The molecule has 4 aromatic rings. The van der Waals surface area contributed by atoms with Crippen LogP contribution in [0.5, 0.6) is 5.88 Å². The molecule has 5 nitrogen and oxygen atoms in total. The van der Waals surface area contributed by atoms with Crippen molar-refractivity contribution in [2.75, 3.05) is 7.11 Å². The van der Waals surface area contributed by atoms with Gasteiger partial charge in [-0.05, 0) is 49.7 Å². The SMILES string of the molecule is COc1c2c(C)nc3ccccc3[n+]2nn1-c1ccc(F)c(C)c1. The predicted octanol–water partition coefficient (Wildman–Crippen LogP) is 2.92. The summed E-state index contributed by atoms with van der Waals surface area (Å²) in [6.07, 6.45) is 0. The molecule has 0 aliphatic carbocycles. The third-order valence-corrected chi connectivity index (χ3v) is 4.11. The van der Waals surface area contributed by atoms with Gasteiger partial charge in [-0.2, -0.15) is 0 Å². The highest BCUT2D eigenvalue weighted by Crippen LogP contribution is 2.25. The lowest BCUT2D eigenvalue weighted by atomic mass is 10.2. The van der Waals surface area contributed by atoms with E-state index in [4.69, 9.17) is 4.74 Å². The molecule has 0 unspecified atom stereocenters. The number of para-hydroxylation sites is 2. The summed E-state index contributed by atoms with van der Waals surface area (Å²) in [6, 6.07) is 12.7. The first-order chi connectivity index (χ1) is 11.6. The fourth-order valence-electron chi connectivity index (χ4n) is 2.93. The van der Waals surface area contributed by atoms with E-state index >= 15 is 0 Å².